The van der Waals surface area contributed by atoms with Gasteiger partial charge in [0.2, 0.25) is 0 Å². The Morgan fingerprint density at radius 1 is 1.10 bits per heavy atom. The molecule has 0 saturated heterocycles. The first-order valence-electron chi connectivity index (χ1n) is 7.22. The quantitative estimate of drug-likeness (QED) is 0.876. The summed E-state index contributed by atoms with van der Waals surface area (Å²) in [5.74, 6) is 2.19. The predicted octanol–water partition coefficient (Wildman–Crippen LogP) is 3.86. The summed E-state index contributed by atoms with van der Waals surface area (Å²) in [5.41, 5.74) is 9.05. The highest BCUT2D eigenvalue weighted by Gasteiger charge is 2.06. The molecule has 0 bridgehead atoms. The van der Waals surface area contributed by atoms with Gasteiger partial charge >= 0.3 is 0 Å². The molecule has 2 rings (SSSR count). The van der Waals surface area contributed by atoms with Crippen molar-refractivity contribution >= 4 is 0 Å². The zero-order valence-corrected chi connectivity index (χ0v) is 12.9. The summed E-state index contributed by atoms with van der Waals surface area (Å²) < 4.78 is 11.3. The van der Waals surface area contributed by atoms with Gasteiger partial charge in [-0.25, -0.2) is 0 Å². The Morgan fingerprint density at radius 3 is 2.57 bits per heavy atom. The molecule has 112 valence electrons. The standard InChI is InChI=1S/C18H23NO2/c1-13(2)15-5-4-6-17(10-15)21-12-16-9-14(11-19)7-8-18(16)20-3/h4-10,13H,11-12,19H2,1-3H3. The highest BCUT2D eigenvalue weighted by Crippen LogP contribution is 2.24. The van der Waals surface area contributed by atoms with Gasteiger partial charge < -0.3 is 15.2 Å². The third kappa shape index (κ3) is 3.99. The normalized spacial score (nSPS) is 10.7. The molecule has 0 heterocycles. The van der Waals surface area contributed by atoms with E-state index in [1.165, 1.54) is 5.56 Å². The van der Waals surface area contributed by atoms with E-state index in [1.807, 2.05) is 30.3 Å². The Balaban J connectivity index is 2.14. The van der Waals surface area contributed by atoms with Gasteiger partial charge in [-0.1, -0.05) is 32.0 Å². The summed E-state index contributed by atoms with van der Waals surface area (Å²) in [4.78, 5) is 0. The number of rotatable bonds is 6. The van der Waals surface area contributed by atoms with Crippen molar-refractivity contribution in [1.29, 1.82) is 0 Å². The van der Waals surface area contributed by atoms with Gasteiger partial charge in [0.1, 0.15) is 18.1 Å². The smallest absolute Gasteiger partial charge is 0.125 e. The van der Waals surface area contributed by atoms with Crippen LogP contribution in [-0.4, -0.2) is 7.11 Å². The van der Waals surface area contributed by atoms with Crippen LogP contribution in [-0.2, 0) is 13.2 Å². The third-order valence-corrected chi connectivity index (χ3v) is 3.50. The van der Waals surface area contributed by atoms with Crippen molar-refractivity contribution in [2.24, 2.45) is 5.73 Å². The summed E-state index contributed by atoms with van der Waals surface area (Å²) in [6.45, 7) is 5.33. The van der Waals surface area contributed by atoms with E-state index in [-0.39, 0.29) is 0 Å². The average Bonchev–Trinajstić information content (AvgIpc) is 2.52. The average molecular weight is 285 g/mol. The van der Waals surface area contributed by atoms with Crippen LogP contribution in [0.4, 0.5) is 0 Å². The Labute approximate surface area is 126 Å². The van der Waals surface area contributed by atoms with Gasteiger partial charge in [0, 0.05) is 12.1 Å². The van der Waals surface area contributed by atoms with E-state index in [0.29, 0.717) is 19.1 Å². The molecule has 0 aromatic heterocycles. The summed E-state index contributed by atoms with van der Waals surface area (Å²) in [6.07, 6.45) is 0. The molecule has 0 aliphatic rings. The molecule has 0 unspecified atom stereocenters. The largest absolute Gasteiger partial charge is 0.496 e. The van der Waals surface area contributed by atoms with Gasteiger partial charge in [-0.05, 0) is 41.3 Å². The molecule has 2 aromatic rings. The van der Waals surface area contributed by atoms with Crippen LogP contribution < -0.4 is 15.2 Å². The summed E-state index contributed by atoms with van der Waals surface area (Å²) in [7, 11) is 1.67. The number of benzene rings is 2. The van der Waals surface area contributed by atoms with E-state index in [1.54, 1.807) is 7.11 Å². The van der Waals surface area contributed by atoms with Gasteiger partial charge in [-0.15, -0.1) is 0 Å². The third-order valence-electron chi connectivity index (χ3n) is 3.50. The van der Waals surface area contributed by atoms with E-state index in [2.05, 4.69) is 26.0 Å². The van der Waals surface area contributed by atoms with Crippen molar-refractivity contribution in [1.82, 2.24) is 0 Å². The zero-order chi connectivity index (χ0) is 15.2. The highest BCUT2D eigenvalue weighted by molar-refractivity contribution is 5.38. The minimum atomic E-state index is 0.471. The second-order valence-corrected chi connectivity index (χ2v) is 5.37. The first-order chi connectivity index (χ1) is 10.1. The fourth-order valence-corrected chi connectivity index (χ4v) is 2.20. The number of ether oxygens (including phenoxy) is 2. The van der Waals surface area contributed by atoms with Gasteiger partial charge in [-0.3, -0.25) is 0 Å². The van der Waals surface area contributed by atoms with Crippen LogP contribution in [0.2, 0.25) is 0 Å². The first kappa shape index (κ1) is 15.4. The van der Waals surface area contributed by atoms with Crippen molar-refractivity contribution in [3.63, 3.8) is 0 Å². The molecule has 0 radical (unpaired) electrons. The van der Waals surface area contributed by atoms with Crippen molar-refractivity contribution in [2.45, 2.75) is 32.9 Å². The SMILES string of the molecule is COc1ccc(CN)cc1COc1cccc(C(C)C)c1. The molecule has 2 N–H and O–H groups in total. The fraction of sp³-hybridized carbons (Fsp3) is 0.333. The second kappa shape index (κ2) is 7.14. The van der Waals surface area contributed by atoms with E-state index in [9.17, 15) is 0 Å². The van der Waals surface area contributed by atoms with Crippen LogP contribution in [0, 0.1) is 0 Å². The molecule has 3 heteroatoms. The van der Waals surface area contributed by atoms with Crippen LogP contribution in [0.1, 0.15) is 36.5 Å². The molecule has 0 amide bonds. The van der Waals surface area contributed by atoms with E-state index >= 15 is 0 Å². The number of methoxy groups -OCH3 is 1. The molecular formula is C18H23NO2. The minimum absolute atomic E-state index is 0.471. The topological polar surface area (TPSA) is 44.5 Å². The van der Waals surface area contributed by atoms with Crippen molar-refractivity contribution in [2.75, 3.05) is 7.11 Å². The lowest BCUT2D eigenvalue weighted by Crippen LogP contribution is -2.02. The number of nitrogens with two attached hydrogens (primary N) is 1. The van der Waals surface area contributed by atoms with Gasteiger partial charge in [-0.2, -0.15) is 0 Å². The lowest BCUT2D eigenvalue weighted by Gasteiger charge is -2.13. The molecule has 3 nitrogen and oxygen atoms in total. The minimum Gasteiger partial charge on any atom is -0.496 e. The molecule has 0 spiro atoms. The van der Waals surface area contributed by atoms with Gasteiger partial charge in [0.25, 0.3) is 0 Å². The van der Waals surface area contributed by atoms with E-state index in [4.69, 9.17) is 15.2 Å². The Morgan fingerprint density at radius 2 is 1.90 bits per heavy atom. The number of hydrogen-bond acceptors (Lipinski definition) is 3. The fourth-order valence-electron chi connectivity index (χ4n) is 2.20. The first-order valence-corrected chi connectivity index (χ1v) is 7.22. The molecule has 21 heavy (non-hydrogen) atoms. The molecule has 0 fully saturated rings. The van der Waals surface area contributed by atoms with Crippen LogP contribution in [0.5, 0.6) is 11.5 Å². The molecule has 0 aliphatic carbocycles. The molecule has 0 aliphatic heterocycles. The molecule has 2 aromatic carbocycles. The van der Waals surface area contributed by atoms with E-state index in [0.717, 1.165) is 22.6 Å². The predicted molar refractivity (Wildman–Crippen MR) is 85.7 cm³/mol. The van der Waals surface area contributed by atoms with Crippen molar-refractivity contribution in [3.8, 4) is 11.5 Å². The van der Waals surface area contributed by atoms with Crippen molar-refractivity contribution < 1.29 is 9.47 Å². The second-order valence-electron chi connectivity index (χ2n) is 5.37. The van der Waals surface area contributed by atoms with Crippen LogP contribution in [0.15, 0.2) is 42.5 Å². The van der Waals surface area contributed by atoms with Crippen LogP contribution in [0.25, 0.3) is 0 Å². The van der Waals surface area contributed by atoms with E-state index < -0.39 is 0 Å². The summed E-state index contributed by atoms with van der Waals surface area (Å²) in [5, 5.41) is 0. The molecule has 0 atom stereocenters. The number of hydrogen-bond donors (Lipinski definition) is 1. The Bertz CT molecular complexity index is 594. The highest BCUT2D eigenvalue weighted by atomic mass is 16.5. The lowest BCUT2D eigenvalue weighted by atomic mass is 10.0. The zero-order valence-electron chi connectivity index (χ0n) is 12.9. The maximum atomic E-state index is 5.90. The van der Waals surface area contributed by atoms with Crippen molar-refractivity contribution in [3.05, 3.63) is 59.2 Å². The molecule has 0 saturated carbocycles. The lowest BCUT2D eigenvalue weighted by molar-refractivity contribution is 0.296. The Hall–Kier alpha value is -2.00. The summed E-state index contributed by atoms with van der Waals surface area (Å²) >= 11 is 0. The maximum Gasteiger partial charge on any atom is 0.125 e. The maximum absolute atomic E-state index is 5.90. The van der Waals surface area contributed by atoms with Crippen LogP contribution >= 0.6 is 0 Å². The van der Waals surface area contributed by atoms with Crippen LogP contribution in [0.3, 0.4) is 0 Å². The Kier molecular flexibility index (Phi) is 5.23. The van der Waals surface area contributed by atoms with Gasteiger partial charge in [0.15, 0.2) is 0 Å². The van der Waals surface area contributed by atoms with Gasteiger partial charge in [0.05, 0.1) is 7.11 Å². The monoisotopic (exact) mass is 285 g/mol. The molecular weight excluding hydrogens is 262 g/mol. The summed E-state index contributed by atoms with van der Waals surface area (Å²) in [6, 6.07) is 14.2.